The van der Waals surface area contributed by atoms with Crippen molar-refractivity contribution < 1.29 is 4.79 Å². The minimum atomic E-state index is -0.418. The quantitative estimate of drug-likeness (QED) is 0.812. The lowest BCUT2D eigenvalue weighted by molar-refractivity contribution is -0.119. The Hall–Kier alpha value is -1.58. The smallest absolute Gasteiger partial charge is 0.252 e. The molecular formula is C16H13Cl2NO2. The van der Waals surface area contributed by atoms with Crippen molar-refractivity contribution in [3.05, 3.63) is 57.5 Å². The van der Waals surface area contributed by atoms with Gasteiger partial charge in [0.15, 0.2) is 5.78 Å². The lowest BCUT2D eigenvalue weighted by Gasteiger charge is -2.13. The number of carbonyl (C=O) groups excluding carboxylic acids is 1. The van der Waals surface area contributed by atoms with Gasteiger partial charge in [0.2, 0.25) is 0 Å². The fourth-order valence-electron chi connectivity index (χ4n) is 2.82. The number of hydrogen-bond acceptors (Lipinski definition) is 2. The molecule has 1 unspecified atom stereocenters. The first-order chi connectivity index (χ1) is 10.1. The summed E-state index contributed by atoms with van der Waals surface area (Å²) in [5, 5.41) is 0.628. The van der Waals surface area contributed by atoms with Gasteiger partial charge in [0.25, 0.3) is 5.56 Å². The number of Topliss-reactive ketones (excluding diaryl/α,β-unsaturated/α-hetero) is 1. The van der Waals surface area contributed by atoms with Crippen LogP contribution in [0.15, 0.2) is 41.2 Å². The number of halogens is 2. The van der Waals surface area contributed by atoms with E-state index in [-0.39, 0.29) is 17.2 Å². The first-order valence-corrected chi connectivity index (χ1v) is 7.61. The highest BCUT2D eigenvalue weighted by molar-refractivity contribution is 6.30. The van der Waals surface area contributed by atoms with E-state index in [0.29, 0.717) is 17.9 Å². The molecule has 0 radical (unpaired) electrons. The topological polar surface area (TPSA) is 39.1 Å². The van der Waals surface area contributed by atoms with Gasteiger partial charge in [0.1, 0.15) is 0 Å². The number of pyridine rings is 1. The van der Waals surface area contributed by atoms with Gasteiger partial charge >= 0.3 is 0 Å². The number of nitrogens with zero attached hydrogens (tertiary/aromatic N) is 1. The molecule has 1 aliphatic rings. The molecule has 3 rings (SSSR count). The fraction of sp³-hybridized carbons (Fsp3) is 0.250. The van der Waals surface area contributed by atoms with Crippen molar-refractivity contribution in [2.75, 3.05) is 5.88 Å². The number of hydrogen-bond donors (Lipinski definition) is 0. The van der Waals surface area contributed by atoms with E-state index in [1.807, 2.05) is 24.3 Å². The molecule has 0 saturated heterocycles. The largest absolute Gasteiger partial charge is 0.302 e. The van der Waals surface area contributed by atoms with Crippen LogP contribution >= 0.6 is 23.2 Å². The van der Waals surface area contributed by atoms with Gasteiger partial charge in [0.05, 0.1) is 11.9 Å². The van der Waals surface area contributed by atoms with Crippen LogP contribution in [-0.4, -0.2) is 16.2 Å². The van der Waals surface area contributed by atoms with Gasteiger partial charge in [-0.05, 0) is 42.2 Å². The van der Waals surface area contributed by atoms with Crippen LogP contribution in [0, 0.1) is 0 Å². The van der Waals surface area contributed by atoms with E-state index in [4.69, 9.17) is 23.2 Å². The molecule has 0 spiro atoms. The van der Waals surface area contributed by atoms with E-state index in [1.54, 1.807) is 16.7 Å². The van der Waals surface area contributed by atoms with Crippen molar-refractivity contribution in [1.29, 1.82) is 0 Å². The Morgan fingerprint density at radius 3 is 2.76 bits per heavy atom. The molecule has 0 saturated carbocycles. The first-order valence-electron chi connectivity index (χ1n) is 6.70. The standard InChI is InChI=1S/C16H13Cl2NO2/c17-9-15(20)14-5-4-13-7-11(8-16(21)19(13)14)10-2-1-3-12(18)6-10/h1-3,6-8,14H,4-5,9H2. The highest BCUT2D eigenvalue weighted by Gasteiger charge is 2.28. The molecule has 0 amide bonds. The Kier molecular flexibility index (Phi) is 3.87. The maximum absolute atomic E-state index is 12.4. The number of fused-ring (bicyclic) bond motifs is 1. The lowest BCUT2D eigenvalue weighted by Crippen LogP contribution is -2.28. The summed E-state index contributed by atoms with van der Waals surface area (Å²) in [4.78, 5) is 24.2. The molecule has 0 N–H and O–H groups in total. The van der Waals surface area contributed by atoms with Crippen LogP contribution in [0.3, 0.4) is 0 Å². The van der Waals surface area contributed by atoms with E-state index in [1.165, 1.54) is 0 Å². The van der Waals surface area contributed by atoms with Gasteiger partial charge in [-0.15, -0.1) is 11.6 Å². The predicted octanol–water partition coefficient (Wildman–Crippen LogP) is 3.46. The molecule has 2 heterocycles. The van der Waals surface area contributed by atoms with Crippen molar-refractivity contribution in [3.63, 3.8) is 0 Å². The summed E-state index contributed by atoms with van der Waals surface area (Å²) in [6.45, 7) is 0. The molecule has 1 aromatic carbocycles. The molecule has 21 heavy (non-hydrogen) atoms. The van der Waals surface area contributed by atoms with E-state index in [0.717, 1.165) is 16.8 Å². The highest BCUT2D eigenvalue weighted by Crippen LogP contribution is 2.29. The van der Waals surface area contributed by atoms with Gasteiger partial charge < -0.3 is 4.57 Å². The van der Waals surface area contributed by atoms with Crippen molar-refractivity contribution in [2.24, 2.45) is 0 Å². The molecule has 5 heteroatoms. The molecule has 2 aromatic rings. The molecular weight excluding hydrogens is 309 g/mol. The van der Waals surface area contributed by atoms with Crippen LogP contribution in [0.5, 0.6) is 0 Å². The van der Waals surface area contributed by atoms with Crippen LogP contribution in [0.1, 0.15) is 18.2 Å². The van der Waals surface area contributed by atoms with Crippen molar-refractivity contribution in [3.8, 4) is 11.1 Å². The van der Waals surface area contributed by atoms with Gasteiger partial charge in [-0.2, -0.15) is 0 Å². The van der Waals surface area contributed by atoms with Crippen LogP contribution in [-0.2, 0) is 11.2 Å². The molecule has 1 aromatic heterocycles. The number of aromatic nitrogens is 1. The second-order valence-corrected chi connectivity index (χ2v) is 5.81. The lowest BCUT2D eigenvalue weighted by atomic mass is 10.1. The third kappa shape index (κ3) is 2.63. The minimum Gasteiger partial charge on any atom is -0.302 e. The van der Waals surface area contributed by atoms with E-state index >= 15 is 0 Å². The zero-order chi connectivity index (χ0) is 15.0. The number of rotatable bonds is 3. The van der Waals surface area contributed by atoms with E-state index in [9.17, 15) is 9.59 Å². The summed E-state index contributed by atoms with van der Waals surface area (Å²) in [7, 11) is 0. The maximum Gasteiger partial charge on any atom is 0.252 e. The second kappa shape index (κ2) is 5.66. The predicted molar refractivity (Wildman–Crippen MR) is 84.2 cm³/mol. The van der Waals surface area contributed by atoms with Gasteiger partial charge in [0, 0.05) is 16.8 Å². The van der Waals surface area contributed by atoms with Crippen LogP contribution in [0.25, 0.3) is 11.1 Å². The normalized spacial score (nSPS) is 16.8. The first kappa shape index (κ1) is 14.4. The zero-order valence-electron chi connectivity index (χ0n) is 11.2. The number of benzene rings is 1. The minimum absolute atomic E-state index is 0.0629. The number of carbonyl (C=O) groups is 1. The number of ketones is 1. The molecule has 0 fully saturated rings. The second-order valence-electron chi connectivity index (χ2n) is 5.11. The van der Waals surface area contributed by atoms with Crippen LogP contribution in [0.4, 0.5) is 0 Å². The Labute approximate surface area is 132 Å². The summed E-state index contributed by atoms with van der Waals surface area (Å²) in [6.07, 6.45) is 1.34. The van der Waals surface area contributed by atoms with E-state index in [2.05, 4.69) is 0 Å². The van der Waals surface area contributed by atoms with Crippen LogP contribution in [0.2, 0.25) is 5.02 Å². The third-order valence-corrected chi connectivity index (χ3v) is 4.29. The number of alkyl halides is 1. The zero-order valence-corrected chi connectivity index (χ0v) is 12.7. The summed E-state index contributed by atoms with van der Waals surface area (Å²) in [5.41, 5.74) is 2.44. The number of aryl methyl sites for hydroxylation is 1. The monoisotopic (exact) mass is 321 g/mol. The molecule has 108 valence electrons. The van der Waals surface area contributed by atoms with Gasteiger partial charge in [-0.3, -0.25) is 9.59 Å². The highest BCUT2D eigenvalue weighted by atomic mass is 35.5. The van der Waals surface area contributed by atoms with Gasteiger partial charge in [-0.1, -0.05) is 23.7 Å². The Morgan fingerprint density at radius 1 is 1.24 bits per heavy atom. The maximum atomic E-state index is 12.4. The third-order valence-electron chi connectivity index (χ3n) is 3.79. The molecule has 1 aliphatic heterocycles. The van der Waals surface area contributed by atoms with Crippen molar-refractivity contribution in [1.82, 2.24) is 4.57 Å². The molecule has 0 aliphatic carbocycles. The van der Waals surface area contributed by atoms with Crippen molar-refractivity contribution in [2.45, 2.75) is 18.9 Å². The molecule has 3 nitrogen and oxygen atoms in total. The molecule has 1 atom stereocenters. The summed E-state index contributed by atoms with van der Waals surface area (Å²) >= 11 is 11.6. The summed E-state index contributed by atoms with van der Waals surface area (Å²) in [6, 6.07) is 10.5. The van der Waals surface area contributed by atoms with E-state index < -0.39 is 6.04 Å². The Bertz CT molecular complexity index is 767. The average molecular weight is 322 g/mol. The Morgan fingerprint density at radius 2 is 2.05 bits per heavy atom. The van der Waals surface area contributed by atoms with Gasteiger partial charge in [-0.25, -0.2) is 0 Å². The average Bonchev–Trinajstić information content (AvgIpc) is 2.91. The Balaban J connectivity index is 2.08. The van der Waals surface area contributed by atoms with Crippen molar-refractivity contribution >= 4 is 29.0 Å². The van der Waals surface area contributed by atoms with Crippen LogP contribution < -0.4 is 5.56 Å². The fourth-order valence-corrected chi connectivity index (χ4v) is 3.19. The SMILES string of the molecule is O=C(CCl)C1CCc2cc(-c3cccc(Cl)c3)cc(=O)n21. The summed E-state index contributed by atoms with van der Waals surface area (Å²) < 4.78 is 1.57. The molecule has 0 bridgehead atoms. The summed E-state index contributed by atoms with van der Waals surface area (Å²) in [5.74, 6) is -0.167.